The third-order valence-corrected chi connectivity index (χ3v) is 4.89. The van der Waals surface area contributed by atoms with Gasteiger partial charge in [-0.3, -0.25) is 9.13 Å². The van der Waals surface area contributed by atoms with E-state index in [4.69, 9.17) is 9.72 Å². The predicted octanol–water partition coefficient (Wildman–Crippen LogP) is 3.51. The van der Waals surface area contributed by atoms with Crippen molar-refractivity contribution in [2.45, 2.75) is 66.0 Å². The number of fused-ring (bicyclic) bond motifs is 1. The van der Waals surface area contributed by atoms with Gasteiger partial charge in [0.1, 0.15) is 5.60 Å². The van der Waals surface area contributed by atoms with E-state index in [0.717, 1.165) is 17.6 Å². The van der Waals surface area contributed by atoms with Crippen molar-refractivity contribution in [1.29, 1.82) is 0 Å². The Bertz CT molecular complexity index is 943. The lowest BCUT2D eigenvalue weighted by atomic mass is 9.97. The molecule has 28 heavy (non-hydrogen) atoms. The zero-order valence-corrected chi connectivity index (χ0v) is 18.1. The van der Waals surface area contributed by atoms with Gasteiger partial charge in [-0.1, -0.05) is 20.8 Å². The van der Waals surface area contributed by atoms with Crippen LogP contribution in [0.2, 0.25) is 0 Å². The van der Waals surface area contributed by atoms with Crippen molar-refractivity contribution in [2.24, 2.45) is 12.5 Å². The van der Waals surface area contributed by atoms with E-state index in [1.165, 1.54) is 0 Å². The molecule has 3 heterocycles. The molecule has 1 fully saturated rings. The van der Waals surface area contributed by atoms with Crippen LogP contribution in [0.1, 0.15) is 59.6 Å². The summed E-state index contributed by atoms with van der Waals surface area (Å²) < 4.78 is 8.89. The Hall–Kier alpha value is -2.31. The molecule has 0 aromatic carbocycles. The van der Waals surface area contributed by atoms with E-state index in [9.17, 15) is 9.59 Å². The fraction of sp³-hybridized carbons (Fsp3) is 0.667. The van der Waals surface area contributed by atoms with Crippen molar-refractivity contribution >= 4 is 17.3 Å². The molecule has 1 unspecified atom stereocenters. The van der Waals surface area contributed by atoms with Crippen LogP contribution in [0.15, 0.2) is 16.9 Å². The highest BCUT2D eigenvalue weighted by Crippen LogP contribution is 2.28. The van der Waals surface area contributed by atoms with E-state index >= 15 is 0 Å². The molecule has 1 aliphatic rings. The fourth-order valence-electron chi connectivity index (χ4n) is 3.64. The first-order chi connectivity index (χ1) is 12.9. The van der Waals surface area contributed by atoms with Crippen molar-refractivity contribution in [2.75, 3.05) is 13.1 Å². The molecule has 2 aromatic rings. The Balaban J connectivity index is 1.85. The van der Waals surface area contributed by atoms with E-state index in [0.29, 0.717) is 25.3 Å². The minimum Gasteiger partial charge on any atom is -0.444 e. The van der Waals surface area contributed by atoms with Crippen molar-refractivity contribution in [3.05, 3.63) is 28.3 Å². The third kappa shape index (κ3) is 4.23. The smallest absolute Gasteiger partial charge is 0.410 e. The van der Waals surface area contributed by atoms with Crippen LogP contribution in [0.5, 0.6) is 0 Å². The molecule has 0 N–H and O–H groups in total. The Labute approximate surface area is 166 Å². The summed E-state index contributed by atoms with van der Waals surface area (Å²) in [5, 5.41) is 0. The van der Waals surface area contributed by atoms with Crippen molar-refractivity contribution < 1.29 is 9.53 Å². The molecule has 1 atom stereocenters. The van der Waals surface area contributed by atoms with Gasteiger partial charge in [0.05, 0.1) is 5.52 Å². The number of ether oxygens (including phenoxy) is 1. The molecule has 0 bridgehead atoms. The fourth-order valence-corrected chi connectivity index (χ4v) is 3.64. The topological polar surface area (TPSA) is 69.4 Å². The molecule has 154 valence electrons. The lowest BCUT2D eigenvalue weighted by molar-refractivity contribution is 0.0292. The maximum Gasteiger partial charge on any atom is 0.410 e. The molecule has 0 radical (unpaired) electrons. The number of rotatable bonds is 2. The van der Waals surface area contributed by atoms with Gasteiger partial charge in [0, 0.05) is 38.3 Å². The van der Waals surface area contributed by atoms with Gasteiger partial charge in [-0.05, 0) is 44.7 Å². The molecule has 0 spiro atoms. The van der Waals surface area contributed by atoms with E-state index < -0.39 is 5.60 Å². The zero-order valence-electron chi connectivity index (χ0n) is 18.1. The van der Waals surface area contributed by atoms with Gasteiger partial charge < -0.3 is 9.64 Å². The van der Waals surface area contributed by atoms with Crippen LogP contribution in [0.25, 0.3) is 11.2 Å². The molecule has 0 saturated carbocycles. The largest absolute Gasteiger partial charge is 0.444 e. The highest BCUT2D eigenvalue weighted by molar-refractivity contribution is 5.72. The lowest BCUT2D eigenvalue weighted by Gasteiger charge is -2.24. The van der Waals surface area contributed by atoms with Gasteiger partial charge in [0.15, 0.2) is 5.65 Å². The normalized spacial score (nSPS) is 18.1. The monoisotopic (exact) mass is 388 g/mol. The highest BCUT2D eigenvalue weighted by atomic mass is 16.6. The lowest BCUT2D eigenvalue weighted by Crippen LogP contribution is -2.35. The second kappa shape index (κ2) is 6.94. The van der Waals surface area contributed by atoms with Crippen molar-refractivity contribution in [3.63, 3.8) is 0 Å². The number of imidazole rings is 1. The van der Waals surface area contributed by atoms with Crippen LogP contribution >= 0.6 is 0 Å². The quantitative estimate of drug-likeness (QED) is 0.789. The summed E-state index contributed by atoms with van der Waals surface area (Å²) in [6.45, 7) is 13.8. The molecule has 1 saturated heterocycles. The average molecular weight is 389 g/mol. The number of aromatic nitrogens is 3. The number of carbonyl (C=O) groups excluding carboxylic acids is 1. The molecular weight excluding hydrogens is 356 g/mol. The first kappa shape index (κ1) is 20.4. The summed E-state index contributed by atoms with van der Waals surface area (Å²) in [5.74, 6) is 0.151. The Morgan fingerprint density at radius 2 is 1.89 bits per heavy atom. The van der Waals surface area contributed by atoms with Crippen LogP contribution in [-0.2, 0) is 18.3 Å². The first-order valence-corrected chi connectivity index (χ1v) is 9.90. The second-order valence-electron chi connectivity index (χ2n) is 9.98. The van der Waals surface area contributed by atoms with Gasteiger partial charge in [-0.15, -0.1) is 0 Å². The van der Waals surface area contributed by atoms with E-state index in [2.05, 4.69) is 20.8 Å². The summed E-state index contributed by atoms with van der Waals surface area (Å²) in [4.78, 5) is 31.6. The minimum absolute atomic E-state index is 0.00382. The summed E-state index contributed by atoms with van der Waals surface area (Å²) in [6.07, 6.45) is 0.564. The Morgan fingerprint density at radius 1 is 1.21 bits per heavy atom. The SMILES string of the molecule is Cn1c(=O)n(CC(C)(C)C)c2ccc(C3CCN(C(=O)OC(C)(C)C)C3)nc21. The maximum atomic E-state index is 12.7. The molecular formula is C21H32N4O3. The molecule has 2 aromatic heterocycles. The summed E-state index contributed by atoms with van der Waals surface area (Å²) >= 11 is 0. The van der Waals surface area contributed by atoms with Gasteiger partial charge in [-0.25, -0.2) is 14.6 Å². The zero-order chi connectivity index (χ0) is 20.9. The number of aryl methyl sites for hydroxylation is 1. The maximum absolute atomic E-state index is 12.7. The Kier molecular flexibility index (Phi) is 5.06. The molecule has 1 aliphatic heterocycles. The average Bonchev–Trinajstić information content (AvgIpc) is 3.13. The van der Waals surface area contributed by atoms with Crippen LogP contribution in [-0.4, -0.2) is 43.8 Å². The van der Waals surface area contributed by atoms with Crippen LogP contribution in [0.4, 0.5) is 4.79 Å². The van der Waals surface area contributed by atoms with Crippen LogP contribution in [0.3, 0.4) is 0 Å². The third-order valence-electron chi connectivity index (χ3n) is 4.89. The standard InChI is InChI=1S/C21H32N4O3/c1-20(2,3)13-25-16-9-8-15(22-17(16)23(7)18(25)26)14-10-11-24(12-14)19(27)28-21(4,5)6/h8-9,14H,10-13H2,1-7H3. The summed E-state index contributed by atoms with van der Waals surface area (Å²) in [5.41, 5.74) is 1.92. The van der Waals surface area contributed by atoms with Gasteiger partial charge >= 0.3 is 11.8 Å². The van der Waals surface area contributed by atoms with Gasteiger partial charge in [-0.2, -0.15) is 0 Å². The summed E-state index contributed by atoms with van der Waals surface area (Å²) in [7, 11) is 1.77. The number of hydrogen-bond donors (Lipinski definition) is 0. The first-order valence-electron chi connectivity index (χ1n) is 9.90. The van der Waals surface area contributed by atoms with Gasteiger partial charge in [0.25, 0.3) is 0 Å². The number of carbonyl (C=O) groups is 1. The number of nitrogens with zero attached hydrogens (tertiary/aromatic N) is 4. The predicted molar refractivity (Wildman–Crippen MR) is 110 cm³/mol. The van der Waals surface area contributed by atoms with E-state index in [1.807, 2.05) is 32.9 Å². The minimum atomic E-state index is -0.499. The number of amides is 1. The Morgan fingerprint density at radius 3 is 2.50 bits per heavy atom. The van der Waals surface area contributed by atoms with E-state index in [1.54, 1.807) is 21.1 Å². The van der Waals surface area contributed by atoms with Crippen LogP contribution in [0, 0.1) is 5.41 Å². The second-order valence-corrected chi connectivity index (χ2v) is 9.98. The van der Waals surface area contributed by atoms with Crippen molar-refractivity contribution in [3.8, 4) is 0 Å². The number of likely N-dealkylation sites (tertiary alicyclic amines) is 1. The molecule has 3 rings (SSSR count). The summed E-state index contributed by atoms with van der Waals surface area (Å²) in [6, 6.07) is 3.98. The molecule has 0 aliphatic carbocycles. The highest BCUT2D eigenvalue weighted by Gasteiger charge is 2.31. The molecule has 7 nitrogen and oxygen atoms in total. The van der Waals surface area contributed by atoms with E-state index in [-0.39, 0.29) is 23.1 Å². The van der Waals surface area contributed by atoms with Gasteiger partial charge in [0.2, 0.25) is 0 Å². The number of pyridine rings is 1. The van der Waals surface area contributed by atoms with Crippen molar-refractivity contribution in [1.82, 2.24) is 19.0 Å². The molecule has 7 heteroatoms. The van der Waals surface area contributed by atoms with Crippen LogP contribution < -0.4 is 5.69 Å². The molecule has 1 amide bonds. The number of hydrogen-bond acceptors (Lipinski definition) is 4.